The van der Waals surface area contributed by atoms with Crippen LogP contribution in [-0.4, -0.2) is 6.10 Å². The van der Waals surface area contributed by atoms with E-state index in [2.05, 4.69) is 6.07 Å². The lowest BCUT2D eigenvalue weighted by molar-refractivity contribution is 0.302. The molecule has 0 aliphatic heterocycles. The molecule has 0 amide bonds. The largest absolute Gasteiger partial charge is 0.490 e. The summed E-state index contributed by atoms with van der Waals surface area (Å²) in [5.74, 6) is 0.896. The van der Waals surface area contributed by atoms with Crippen LogP contribution in [-0.2, 0) is 0 Å². The van der Waals surface area contributed by atoms with Gasteiger partial charge >= 0.3 is 0 Å². The standard InChI is InChI=1S/C10H11O/c1-8-3-2-4-10(7-8)11-9-5-6-9/h2-4,9H,5-6H2,1H3. The van der Waals surface area contributed by atoms with E-state index in [0.29, 0.717) is 6.10 Å². The number of hydrogen-bond donors (Lipinski definition) is 0. The lowest BCUT2D eigenvalue weighted by Gasteiger charge is -2.02. The Labute approximate surface area is 67.0 Å². The van der Waals surface area contributed by atoms with Crippen LogP contribution in [0.15, 0.2) is 18.2 Å². The van der Waals surface area contributed by atoms with Gasteiger partial charge in [0.05, 0.1) is 6.10 Å². The second-order valence-corrected chi connectivity index (χ2v) is 3.02. The van der Waals surface area contributed by atoms with E-state index in [1.807, 2.05) is 25.1 Å². The van der Waals surface area contributed by atoms with Crippen LogP contribution in [0.5, 0.6) is 5.75 Å². The second kappa shape index (κ2) is 2.57. The van der Waals surface area contributed by atoms with Crippen molar-refractivity contribution >= 4 is 0 Å². The first kappa shape index (κ1) is 6.71. The van der Waals surface area contributed by atoms with Crippen LogP contribution in [0, 0.1) is 13.0 Å². The van der Waals surface area contributed by atoms with Gasteiger partial charge in [0.2, 0.25) is 0 Å². The van der Waals surface area contributed by atoms with E-state index in [1.54, 1.807) is 0 Å². The molecule has 2 rings (SSSR count). The van der Waals surface area contributed by atoms with Gasteiger partial charge in [-0.2, -0.15) is 0 Å². The monoisotopic (exact) mass is 147 g/mol. The van der Waals surface area contributed by atoms with Crippen LogP contribution in [0.25, 0.3) is 0 Å². The van der Waals surface area contributed by atoms with Gasteiger partial charge in [-0.25, -0.2) is 0 Å². The predicted molar refractivity (Wildman–Crippen MR) is 43.7 cm³/mol. The van der Waals surface area contributed by atoms with Crippen molar-refractivity contribution in [1.29, 1.82) is 0 Å². The SMILES string of the molecule is Cc1[c]c(OC2CC2)ccc1. The molecule has 0 aromatic heterocycles. The van der Waals surface area contributed by atoms with Crippen LogP contribution < -0.4 is 4.74 Å². The molecular weight excluding hydrogens is 136 g/mol. The predicted octanol–water partition coefficient (Wildman–Crippen LogP) is 2.34. The molecule has 1 aromatic rings. The molecule has 0 heterocycles. The highest BCUT2D eigenvalue weighted by Gasteiger charge is 2.23. The molecule has 0 N–H and O–H groups in total. The third kappa shape index (κ3) is 1.73. The Morgan fingerprint density at radius 3 is 2.91 bits per heavy atom. The first-order valence-electron chi connectivity index (χ1n) is 4.00. The quantitative estimate of drug-likeness (QED) is 0.623. The van der Waals surface area contributed by atoms with Gasteiger partial charge in [-0.3, -0.25) is 0 Å². The van der Waals surface area contributed by atoms with Crippen molar-refractivity contribution in [3.05, 3.63) is 29.8 Å². The number of hydrogen-bond acceptors (Lipinski definition) is 1. The molecule has 0 spiro atoms. The van der Waals surface area contributed by atoms with Gasteiger partial charge in [0.15, 0.2) is 0 Å². The van der Waals surface area contributed by atoms with Crippen molar-refractivity contribution in [1.82, 2.24) is 0 Å². The summed E-state index contributed by atoms with van der Waals surface area (Å²) in [5, 5.41) is 0. The first-order chi connectivity index (χ1) is 5.34. The highest BCUT2D eigenvalue weighted by Crippen LogP contribution is 2.26. The molecular formula is C10H11O. The van der Waals surface area contributed by atoms with Crippen molar-refractivity contribution in [2.75, 3.05) is 0 Å². The molecule has 0 saturated heterocycles. The first-order valence-corrected chi connectivity index (χ1v) is 4.00. The fourth-order valence-electron chi connectivity index (χ4n) is 0.992. The zero-order valence-corrected chi connectivity index (χ0v) is 6.63. The maximum absolute atomic E-state index is 5.55. The van der Waals surface area contributed by atoms with E-state index >= 15 is 0 Å². The second-order valence-electron chi connectivity index (χ2n) is 3.02. The summed E-state index contributed by atoms with van der Waals surface area (Å²) in [6.07, 6.45) is 2.90. The molecule has 11 heavy (non-hydrogen) atoms. The van der Waals surface area contributed by atoms with E-state index in [4.69, 9.17) is 4.74 Å². The maximum atomic E-state index is 5.55. The van der Waals surface area contributed by atoms with Crippen LogP contribution in [0.1, 0.15) is 18.4 Å². The van der Waals surface area contributed by atoms with E-state index in [0.717, 1.165) is 11.3 Å². The molecule has 1 aromatic carbocycles. The molecule has 57 valence electrons. The van der Waals surface area contributed by atoms with Crippen molar-refractivity contribution in [3.63, 3.8) is 0 Å². The highest BCUT2D eigenvalue weighted by molar-refractivity contribution is 5.26. The third-order valence-electron chi connectivity index (χ3n) is 1.73. The Balaban J connectivity index is 2.10. The van der Waals surface area contributed by atoms with Crippen molar-refractivity contribution in [2.45, 2.75) is 25.9 Å². The molecule has 0 atom stereocenters. The van der Waals surface area contributed by atoms with Crippen LogP contribution in [0.3, 0.4) is 0 Å². The van der Waals surface area contributed by atoms with Gasteiger partial charge in [0.25, 0.3) is 0 Å². The Morgan fingerprint density at radius 2 is 2.27 bits per heavy atom. The molecule has 0 unspecified atom stereocenters. The molecule has 1 nitrogen and oxygen atoms in total. The Hall–Kier alpha value is -0.980. The zero-order chi connectivity index (χ0) is 7.68. The minimum Gasteiger partial charge on any atom is -0.490 e. The Morgan fingerprint density at radius 1 is 1.45 bits per heavy atom. The molecule has 1 radical (unpaired) electrons. The summed E-state index contributed by atoms with van der Waals surface area (Å²) in [6.45, 7) is 2.03. The molecule has 1 aliphatic rings. The van der Waals surface area contributed by atoms with Crippen molar-refractivity contribution in [2.24, 2.45) is 0 Å². The smallest absolute Gasteiger partial charge is 0.127 e. The van der Waals surface area contributed by atoms with E-state index < -0.39 is 0 Å². The van der Waals surface area contributed by atoms with Gasteiger partial charge in [-0.1, -0.05) is 12.1 Å². The van der Waals surface area contributed by atoms with Gasteiger partial charge in [0.1, 0.15) is 5.75 Å². The van der Waals surface area contributed by atoms with Crippen LogP contribution in [0.2, 0.25) is 0 Å². The summed E-state index contributed by atoms with van der Waals surface area (Å²) < 4.78 is 5.55. The Kier molecular flexibility index (Phi) is 1.57. The fourth-order valence-corrected chi connectivity index (χ4v) is 0.992. The summed E-state index contributed by atoms with van der Waals surface area (Å²) in [6, 6.07) is 9.15. The minimum absolute atomic E-state index is 0.480. The average Bonchev–Trinajstić information content (AvgIpc) is 2.71. The zero-order valence-electron chi connectivity index (χ0n) is 6.63. The Bertz CT molecular complexity index is 251. The molecule has 1 aliphatic carbocycles. The van der Waals surface area contributed by atoms with Gasteiger partial charge < -0.3 is 4.74 Å². The number of benzene rings is 1. The molecule has 1 saturated carbocycles. The van der Waals surface area contributed by atoms with Crippen molar-refractivity contribution < 1.29 is 4.74 Å². The maximum Gasteiger partial charge on any atom is 0.127 e. The molecule has 1 heteroatoms. The summed E-state index contributed by atoms with van der Waals surface area (Å²) in [7, 11) is 0. The van der Waals surface area contributed by atoms with Crippen molar-refractivity contribution in [3.8, 4) is 5.75 Å². The normalized spacial score (nSPS) is 16.5. The van der Waals surface area contributed by atoms with E-state index in [-0.39, 0.29) is 0 Å². The summed E-state index contributed by atoms with van der Waals surface area (Å²) in [5.41, 5.74) is 1.14. The van der Waals surface area contributed by atoms with E-state index in [1.165, 1.54) is 12.8 Å². The van der Waals surface area contributed by atoms with Crippen LogP contribution >= 0.6 is 0 Å². The van der Waals surface area contributed by atoms with Gasteiger partial charge in [-0.15, -0.1) is 0 Å². The molecule has 0 bridgehead atoms. The van der Waals surface area contributed by atoms with Crippen LogP contribution in [0.4, 0.5) is 0 Å². The lowest BCUT2D eigenvalue weighted by atomic mass is 10.2. The van der Waals surface area contributed by atoms with Gasteiger partial charge in [-0.05, 0) is 31.4 Å². The average molecular weight is 147 g/mol. The van der Waals surface area contributed by atoms with Gasteiger partial charge in [0, 0.05) is 6.07 Å². The minimum atomic E-state index is 0.480. The molecule has 1 fully saturated rings. The number of aryl methyl sites for hydroxylation is 1. The number of ether oxygens (including phenoxy) is 1. The summed E-state index contributed by atoms with van der Waals surface area (Å²) in [4.78, 5) is 0. The highest BCUT2D eigenvalue weighted by atomic mass is 16.5. The topological polar surface area (TPSA) is 9.23 Å². The third-order valence-corrected chi connectivity index (χ3v) is 1.73. The lowest BCUT2D eigenvalue weighted by Crippen LogP contribution is -1.95. The summed E-state index contributed by atoms with van der Waals surface area (Å²) >= 11 is 0. The van der Waals surface area contributed by atoms with E-state index in [9.17, 15) is 0 Å². The fraction of sp³-hybridized carbons (Fsp3) is 0.400. The number of rotatable bonds is 2.